The summed E-state index contributed by atoms with van der Waals surface area (Å²) in [4.78, 5) is 0. The first-order chi connectivity index (χ1) is 9.19. The van der Waals surface area contributed by atoms with Crippen LogP contribution < -0.4 is 10.1 Å². The predicted octanol–water partition coefficient (Wildman–Crippen LogP) is 4.52. The van der Waals surface area contributed by atoms with Gasteiger partial charge in [-0.05, 0) is 43.4 Å². The molecule has 3 heteroatoms. The summed E-state index contributed by atoms with van der Waals surface area (Å²) in [5, 5.41) is 3.70. The van der Waals surface area contributed by atoms with E-state index in [9.17, 15) is 0 Å². The Kier molecular flexibility index (Phi) is 5.71. The lowest BCUT2D eigenvalue weighted by atomic mass is 10.0. The van der Waals surface area contributed by atoms with Crippen molar-refractivity contribution in [3.05, 3.63) is 28.2 Å². The molecule has 19 heavy (non-hydrogen) atoms. The van der Waals surface area contributed by atoms with Crippen molar-refractivity contribution in [3.8, 4) is 5.75 Å². The van der Waals surface area contributed by atoms with E-state index in [0.717, 1.165) is 22.7 Å². The van der Waals surface area contributed by atoms with Gasteiger partial charge in [0.15, 0.2) is 0 Å². The van der Waals surface area contributed by atoms with Crippen LogP contribution in [0.15, 0.2) is 22.7 Å². The minimum absolute atomic E-state index is 0.661. The summed E-state index contributed by atoms with van der Waals surface area (Å²) in [6.07, 6.45) is 6.71. The standard InChI is InChI=1S/C16H24BrNO/c1-12-4-3-5-15(8-6-12)18-11-13-10-14(17)7-9-16(13)19-2/h7,9-10,12,15,18H,3-6,8,11H2,1-2H3. The highest BCUT2D eigenvalue weighted by molar-refractivity contribution is 9.10. The molecule has 1 aromatic carbocycles. The number of hydrogen-bond donors (Lipinski definition) is 1. The molecule has 0 bridgehead atoms. The average molecular weight is 326 g/mol. The highest BCUT2D eigenvalue weighted by Gasteiger charge is 2.16. The Labute approximate surface area is 125 Å². The molecule has 1 saturated carbocycles. The number of ether oxygens (including phenoxy) is 1. The maximum absolute atomic E-state index is 5.42. The van der Waals surface area contributed by atoms with Gasteiger partial charge in [0.25, 0.3) is 0 Å². The Hall–Kier alpha value is -0.540. The molecule has 1 aliphatic rings. The van der Waals surface area contributed by atoms with E-state index in [0.29, 0.717) is 6.04 Å². The first-order valence-corrected chi connectivity index (χ1v) is 8.04. The van der Waals surface area contributed by atoms with E-state index in [2.05, 4.69) is 34.2 Å². The van der Waals surface area contributed by atoms with Gasteiger partial charge in [0.05, 0.1) is 7.11 Å². The van der Waals surface area contributed by atoms with Crippen LogP contribution in [0.2, 0.25) is 0 Å². The second-order valence-electron chi connectivity index (χ2n) is 5.65. The molecule has 2 rings (SSSR count). The fourth-order valence-electron chi connectivity index (χ4n) is 2.83. The first kappa shape index (κ1) is 14.9. The lowest BCUT2D eigenvalue weighted by Gasteiger charge is -2.17. The summed E-state index contributed by atoms with van der Waals surface area (Å²) in [5.41, 5.74) is 1.23. The van der Waals surface area contributed by atoms with Crippen molar-refractivity contribution in [2.75, 3.05) is 7.11 Å². The molecule has 1 aliphatic carbocycles. The minimum Gasteiger partial charge on any atom is -0.496 e. The van der Waals surface area contributed by atoms with Crippen LogP contribution in [0.25, 0.3) is 0 Å². The van der Waals surface area contributed by atoms with Gasteiger partial charge in [0.2, 0.25) is 0 Å². The number of methoxy groups -OCH3 is 1. The topological polar surface area (TPSA) is 21.3 Å². The van der Waals surface area contributed by atoms with Gasteiger partial charge in [-0.1, -0.05) is 35.7 Å². The molecule has 2 nitrogen and oxygen atoms in total. The normalized spacial score (nSPS) is 23.9. The van der Waals surface area contributed by atoms with Crippen LogP contribution in [0.5, 0.6) is 5.75 Å². The van der Waals surface area contributed by atoms with Gasteiger partial charge in [0, 0.05) is 22.6 Å². The van der Waals surface area contributed by atoms with Crippen LogP contribution in [0.1, 0.15) is 44.6 Å². The van der Waals surface area contributed by atoms with Crippen LogP contribution in [-0.4, -0.2) is 13.2 Å². The molecule has 0 saturated heterocycles. The zero-order valence-electron chi connectivity index (χ0n) is 11.9. The van der Waals surface area contributed by atoms with Crippen molar-refractivity contribution < 1.29 is 4.74 Å². The van der Waals surface area contributed by atoms with Crippen LogP contribution in [-0.2, 0) is 6.54 Å². The maximum Gasteiger partial charge on any atom is 0.123 e. The van der Waals surface area contributed by atoms with Crippen molar-refractivity contribution >= 4 is 15.9 Å². The van der Waals surface area contributed by atoms with E-state index in [1.807, 2.05) is 12.1 Å². The smallest absolute Gasteiger partial charge is 0.123 e. The molecule has 1 aromatic rings. The Morgan fingerprint density at radius 1 is 1.26 bits per heavy atom. The van der Waals surface area contributed by atoms with Crippen molar-refractivity contribution in [2.24, 2.45) is 5.92 Å². The number of hydrogen-bond acceptors (Lipinski definition) is 2. The van der Waals surface area contributed by atoms with E-state index in [1.54, 1.807) is 7.11 Å². The third kappa shape index (κ3) is 4.50. The van der Waals surface area contributed by atoms with E-state index in [-0.39, 0.29) is 0 Å². The Morgan fingerprint density at radius 2 is 2.11 bits per heavy atom. The summed E-state index contributed by atoms with van der Waals surface area (Å²) in [6, 6.07) is 6.85. The van der Waals surface area contributed by atoms with Gasteiger partial charge in [-0.15, -0.1) is 0 Å². The van der Waals surface area contributed by atoms with Gasteiger partial charge in [-0.3, -0.25) is 0 Å². The van der Waals surface area contributed by atoms with Gasteiger partial charge >= 0.3 is 0 Å². The first-order valence-electron chi connectivity index (χ1n) is 7.25. The van der Waals surface area contributed by atoms with Crippen LogP contribution >= 0.6 is 15.9 Å². The van der Waals surface area contributed by atoms with Crippen molar-refractivity contribution in [2.45, 2.75) is 51.6 Å². The molecule has 0 aromatic heterocycles. The van der Waals surface area contributed by atoms with Gasteiger partial charge in [0.1, 0.15) is 5.75 Å². The summed E-state index contributed by atoms with van der Waals surface area (Å²) >= 11 is 3.53. The molecular formula is C16H24BrNO. The Bertz CT molecular complexity index is 408. The number of benzene rings is 1. The molecule has 0 radical (unpaired) electrons. The number of rotatable bonds is 4. The maximum atomic E-state index is 5.42. The zero-order chi connectivity index (χ0) is 13.7. The van der Waals surface area contributed by atoms with Gasteiger partial charge < -0.3 is 10.1 Å². The third-order valence-electron chi connectivity index (χ3n) is 4.08. The van der Waals surface area contributed by atoms with E-state index >= 15 is 0 Å². The molecule has 0 amide bonds. The second-order valence-corrected chi connectivity index (χ2v) is 6.56. The fourth-order valence-corrected chi connectivity index (χ4v) is 3.24. The summed E-state index contributed by atoms with van der Waals surface area (Å²) in [5.74, 6) is 1.87. The molecule has 1 N–H and O–H groups in total. The Morgan fingerprint density at radius 3 is 2.89 bits per heavy atom. The minimum atomic E-state index is 0.661. The van der Waals surface area contributed by atoms with Crippen molar-refractivity contribution in [3.63, 3.8) is 0 Å². The van der Waals surface area contributed by atoms with Crippen LogP contribution in [0, 0.1) is 5.92 Å². The highest BCUT2D eigenvalue weighted by atomic mass is 79.9. The lowest BCUT2D eigenvalue weighted by molar-refractivity contribution is 0.400. The summed E-state index contributed by atoms with van der Waals surface area (Å²) in [6.45, 7) is 3.27. The van der Waals surface area contributed by atoms with Crippen molar-refractivity contribution in [1.82, 2.24) is 5.32 Å². The second kappa shape index (κ2) is 7.30. The van der Waals surface area contributed by atoms with E-state index in [4.69, 9.17) is 4.74 Å². The van der Waals surface area contributed by atoms with E-state index in [1.165, 1.54) is 37.7 Å². The molecule has 106 valence electrons. The fraction of sp³-hybridized carbons (Fsp3) is 0.625. The van der Waals surface area contributed by atoms with Crippen LogP contribution in [0.4, 0.5) is 0 Å². The van der Waals surface area contributed by atoms with Crippen molar-refractivity contribution in [1.29, 1.82) is 0 Å². The molecule has 0 spiro atoms. The molecular weight excluding hydrogens is 302 g/mol. The van der Waals surface area contributed by atoms with Crippen LogP contribution in [0.3, 0.4) is 0 Å². The van der Waals surface area contributed by atoms with E-state index < -0.39 is 0 Å². The SMILES string of the molecule is COc1ccc(Br)cc1CNC1CCCC(C)CC1. The summed E-state index contributed by atoms with van der Waals surface area (Å²) in [7, 11) is 1.74. The Balaban J connectivity index is 1.92. The molecule has 1 fully saturated rings. The molecule has 0 aliphatic heterocycles. The average Bonchev–Trinajstić information content (AvgIpc) is 2.61. The number of halogens is 1. The molecule has 0 heterocycles. The zero-order valence-corrected chi connectivity index (χ0v) is 13.5. The largest absolute Gasteiger partial charge is 0.496 e. The van der Waals surface area contributed by atoms with Gasteiger partial charge in [-0.2, -0.15) is 0 Å². The molecule has 2 atom stereocenters. The molecule has 2 unspecified atom stereocenters. The van der Waals surface area contributed by atoms with Gasteiger partial charge in [-0.25, -0.2) is 0 Å². The monoisotopic (exact) mass is 325 g/mol. The lowest BCUT2D eigenvalue weighted by Crippen LogP contribution is -2.28. The number of nitrogens with one attached hydrogen (secondary N) is 1. The highest BCUT2D eigenvalue weighted by Crippen LogP contribution is 2.25. The summed E-state index contributed by atoms with van der Waals surface area (Å²) < 4.78 is 6.53. The predicted molar refractivity (Wildman–Crippen MR) is 83.6 cm³/mol. The quantitative estimate of drug-likeness (QED) is 0.822. The third-order valence-corrected chi connectivity index (χ3v) is 4.57.